The molecule has 110 valence electrons. The van der Waals surface area contributed by atoms with Gasteiger partial charge in [0, 0.05) is 31.8 Å². The molecular weight excluding hydrogens is 260 g/mol. The van der Waals surface area contributed by atoms with E-state index in [9.17, 15) is 14.7 Å². The summed E-state index contributed by atoms with van der Waals surface area (Å²) in [6, 6.07) is 5.97. The molecule has 20 heavy (non-hydrogen) atoms. The van der Waals surface area contributed by atoms with Crippen molar-refractivity contribution in [2.24, 2.45) is 0 Å². The third kappa shape index (κ3) is 4.46. The fourth-order valence-electron chi connectivity index (χ4n) is 1.89. The lowest BCUT2D eigenvalue weighted by atomic mass is 10.2. The number of nitrogens with one attached hydrogen (secondary N) is 1. The van der Waals surface area contributed by atoms with Crippen molar-refractivity contribution in [3.8, 4) is 5.75 Å². The van der Waals surface area contributed by atoms with Gasteiger partial charge >= 0.3 is 5.97 Å². The van der Waals surface area contributed by atoms with E-state index >= 15 is 0 Å². The molecule has 1 rings (SSSR count). The summed E-state index contributed by atoms with van der Waals surface area (Å²) in [5.74, 6) is -0.652. The summed E-state index contributed by atoms with van der Waals surface area (Å²) >= 11 is 0. The number of benzene rings is 1. The summed E-state index contributed by atoms with van der Waals surface area (Å²) in [6.45, 7) is 4.16. The number of methoxy groups -OCH3 is 1. The quantitative estimate of drug-likeness (QED) is 0.757. The van der Waals surface area contributed by atoms with E-state index in [1.807, 2.05) is 17.9 Å². The highest BCUT2D eigenvalue weighted by Gasteiger charge is 2.23. The molecule has 0 saturated heterocycles. The Morgan fingerprint density at radius 3 is 2.65 bits per heavy atom. The smallest absolute Gasteiger partial charge is 0.330 e. The number of carbonyl (C=O) groups excluding carboxylic acids is 2. The molecule has 0 heterocycles. The van der Waals surface area contributed by atoms with Gasteiger partial charge in [0.2, 0.25) is 5.91 Å². The van der Waals surface area contributed by atoms with Crippen LogP contribution in [0.25, 0.3) is 0 Å². The molecule has 1 aromatic carbocycles. The minimum atomic E-state index is -0.750. The van der Waals surface area contributed by atoms with Gasteiger partial charge < -0.3 is 20.1 Å². The molecule has 0 saturated carbocycles. The number of hydrogen-bond donors (Lipinski definition) is 2. The predicted octanol–water partition coefficient (Wildman–Crippen LogP) is 0.896. The highest BCUT2D eigenvalue weighted by molar-refractivity contribution is 5.83. The van der Waals surface area contributed by atoms with E-state index in [4.69, 9.17) is 0 Å². The van der Waals surface area contributed by atoms with Crippen LogP contribution < -0.4 is 10.2 Å². The van der Waals surface area contributed by atoms with Gasteiger partial charge in [-0.1, -0.05) is 6.07 Å². The Hall–Kier alpha value is -2.24. The van der Waals surface area contributed by atoms with E-state index in [1.54, 1.807) is 18.2 Å². The molecule has 6 nitrogen and oxygen atoms in total. The molecule has 0 spiro atoms. The molecule has 1 unspecified atom stereocenters. The van der Waals surface area contributed by atoms with Gasteiger partial charge in [-0.2, -0.15) is 0 Å². The van der Waals surface area contributed by atoms with Crippen molar-refractivity contribution in [2.75, 3.05) is 25.1 Å². The van der Waals surface area contributed by atoms with E-state index in [2.05, 4.69) is 10.1 Å². The second kappa shape index (κ2) is 7.37. The SMILES string of the molecule is CCN(CC(NC(C)=O)C(=O)OC)c1cccc(O)c1. The van der Waals surface area contributed by atoms with Crippen molar-refractivity contribution in [3.63, 3.8) is 0 Å². The molecule has 0 fully saturated rings. The maximum Gasteiger partial charge on any atom is 0.330 e. The number of amides is 1. The van der Waals surface area contributed by atoms with Crippen LogP contribution in [0.2, 0.25) is 0 Å². The van der Waals surface area contributed by atoms with Gasteiger partial charge in [0.25, 0.3) is 0 Å². The van der Waals surface area contributed by atoms with Gasteiger partial charge in [0.15, 0.2) is 0 Å². The Kier molecular flexibility index (Phi) is 5.83. The lowest BCUT2D eigenvalue weighted by Crippen LogP contribution is -2.48. The number of aromatic hydroxyl groups is 1. The van der Waals surface area contributed by atoms with Crippen LogP contribution in [0.5, 0.6) is 5.75 Å². The molecule has 0 aliphatic carbocycles. The zero-order valence-electron chi connectivity index (χ0n) is 11.9. The maximum absolute atomic E-state index is 11.7. The first-order valence-corrected chi connectivity index (χ1v) is 6.36. The molecule has 0 bridgehead atoms. The fourth-order valence-corrected chi connectivity index (χ4v) is 1.89. The molecule has 1 aromatic rings. The monoisotopic (exact) mass is 280 g/mol. The van der Waals surface area contributed by atoms with Crippen LogP contribution in [0, 0.1) is 0 Å². The number of hydrogen-bond acceptors (Lipinski definition) is 5. The molecule has 0 aromatic heterocycles. The Balaban J connectivity index is 2.88. The number of phenolic OH excluding ortho intramolecular Hbond substituents is 1. The van der Waals surface area contributed by atoms with Gasteiger partial charge in [0.1, 0.15) is 11.8 Å². The molecule has 0 aliphatic heterocycles. The van der Waals surface area contributed by atoms with E-state index in [-0.39, 0.29) is 18.2 Å². The van der Waals surface area contributed by atoms with Crippen molar-refractivity contribution in [2.45, 2.75) is 19.9 Å². The highest BCUT2D eigenvalue weighted by atomic mass is 16.5. The highest BCUT2D eigenvalue weighted by Crippen LogP contribution is 2.20. The normalized spacial score (nSPS) is 11.6. The van der Waals surface area contributed by atoms with Crippen molar-refractivity contribution in [3.05, 3.63) is 24.3 Å². The lowest BCUT2D eigenvalue weighted by molar-refractivity contribution is -0.144. The van der Waals surface area contributed by atoms with Crippen LogP contribution in [0.4, 0.5) is 5.69 Å². The van der Waals surface area contributed by atoms with E-state index in [0.717, 1.165) is 5.69 Å². The lowest BCUT2D eigenvalue weighted by Gasteiger charge is -2.27. The van der Waals surface area contributed by atoms with E-state index < -0.39 is 12.0 Å². The minimum Gasteiger partial charge on any atom is -0.508 e. The van der Waals surface area contributed by atoms with Gasteiger partial charge in [-0.05, 0) is 19.1 Å². The molecule has 0 radical (unpaired) electrons. The van der Waals surface area contributed by atoms with E-state index in [0.29, 0.717) is 6.54 Å². The number of ether oxygens (including phenoxy) is 1. The molecule has 6 heteroatoms. The summed E-state index contributed by atoms with van der Waals surface area (Å²) in [7, 11) is 1.28. The maximum atomic E-state index is 11.7. The second-order valence-electron chi connectivity index (χ2n) is 4.33. The first-order valence-electron chi connectivity index (χ1n) is 6.36. The topological polar surface area (TPSA) is 78.9 Å². The molecule has 2 N–H and O–H groups in total. The third-order valence-corrected chi connectivity index (χ3v) is 2.84. The van der Waals surface area contributed by atoms with Crippen molar-refractivity contribution < 1.29 is 19.4 Å². The molecular formula is C14H20N2O4. The van der Waals surface area contributed by atoms with Crippen molar-refractivity contribution in [1.29, 1.82) is 0 Å². The Morgan fingerprint density at radius 1 is 1.45 bits per heavy atom. The Labute approximate surface area is 118 Å². The summed E-state index contributed by atoms with van der Waals surface area (Å²) in [6.07, 6.45) is 0. The van der Waals surface area contributed by atoms with Crippen molar-refractivity contribution >= 4 is 17.6 Å². The van der Waals surface area contributed by atoms with Crippen molar-refractivity contribution in [1.82, 2.24) is 5.32 Å². The number of likely N-dealkylation sites (N-methyl/N-ethyl adjacent to an activating group) is 1. The summed E-state index contributed by atoms with van der Waals surface area (Å²) in [5, 5.41) is 12.1. The first kappa shape index (κ1) is 15.8. The average molecular weight is 280 g/mol. The van der Waals surface area contributed by atoms with Gasteiger partial charge in [-0.15, -0.1) is 0 Å². The number of phenols is 1. The summed E-state index contributed by atoms with van der Waals surface area (Å²) in [5.41, 5.74) is 0.770. The van der Waals surface area contributed by atoms with Crippen LogP contribution in [-0.4, -0.2) is 43.2 Å². The molecule has 1 atom stereocenters. The number of rotatable bonds is 6. The number of nitrogens with zero attached hydrogens (tertiary/aromatic N) is 1. The summed E-state index contributed by atoms with van der Waals surface area (Å²) < 4.78 is 4.69. The van der Waals surface area contributed by atoms with E-state index in [1.165, 1.54) is 14.0 Å². The van der Waals surface area contributed by atoms with Crippen LogP contribution >= 0.6 is 0 Å². The van der Waals surface area contributed by atoms with Crippen LogP contribution in [-0.2, 0) is 14.3 Å². The number of esters is 1. The average Bonchev–Trinajstić information content (AvgIpc) is 2.42. The fraction of sp³-hybridized carbons (Fsp3) is 0.429. The largest absolute Gasteiger partial charge is 0.508 e. The number of carbonyl (C=O) groups is 2. The predicted molar refractivity (Wildman–Crippen MR) is 75.6 cm³/mol. The third-order valence-electron chi connectivity index (χ3n) is 2.84. The van der Waals surface area contributed by atoms with Gasteiger partial charge in [-0.25, -0.2) is 4.79 Å². The molecule has 0 aliphatic rings. The molecule has 1 amide bonds. The zero-order chi connectivity index (χ0) is 15.1. The number of anilines is 1. The first-order chi connectivity index (χ1) is 9.47. The zero-order valence-corrected chi connectivity index (χ0v) is 11.9. The summed E-state index contributed by atoms with van der Waals surface area (Å²) in [4.78, 5) is 24.7. The van der Waals surface area contributed by atoms with Crippen LogP contribution in [0.3, 0.4) is 0 Å². The van der Waals surface area contributed by atoms with Gasteiger partial charge in [-0.3, -0.25) is 4.79 Å². The van der Waals surface area contributed by atoms with Crippen LogP contribution in [0.15, 0.2) is 24.3 Å². The van der Waals surface area contributed by atoms with Crippen LogP contribution in [0.1, 0.15) is 13.8 Å². The minimum absolute atomic E-state index is 0.148. The van der Waals surface area contributed by atoms with Gasteiger partial charge in [0.05, 0.1) is 7.11 Å². The standard InChI is InChI=1S/C14H20N2O4/c1-4-16(11-6-5-7-12(18)8-11)9-13(14(19)20-3)15-10(2)17/h5-8,13,18H,4,9H2,1-3H3,(H,15,17). The Morgan fingerprint density at radius 2 is 2.15 bits per heavy atom. The second-order valence-corrected chi connectivity index (χ2v) is 4.33. The Bertz CT molecular complexity index is 476.